The molecule has 3 fully saturated rings. The van der Waals surface area contributed by atoms with Crippen LogP contribution in [0.25, 0.3) is 0 Å². The fourth-order valence-electron chi connectivity index (χ4n) is 5.22. The molecule has 2 N–H and O–H groups in total. The van der Waals surface area contributed by atoms with Gasteiger partial charge in [0.1, 0.15) is 0 Å². The monoisotopic (exact) mass is 275 g/mol. The Balaban J connectivity index is 1.48. The summed E-state index contributed by atoms with van der Waals surface area (Å²) in [5.74, 6) is -0.0400. The fourth-order valence-corrected chi connectivity index (χ4v) is 5.22. The summed E-state index contributed by atoms with van der Waals surface area (Å²) in [5, 5.41) is 12.6. The maximum absolute atomic E-state index is 12.6. The number of fused-ring (bicyclic) bond motifs is 4. The van der Waals surface area contributed by atoms with Gasteiger partial charge in [-0.05, 0) is 49.4 Å². The van der Waals surface area contributed by atoms with Gasteiger partial charge in [0.2, 0.25) is 5.91 Å². The van der Waals surface area contributed by atoms with E-state index in [1.54, 1.807) is 0 Å². The number of allylic oxidation sites excluding steroid dienone is 2. The molecule has 0 saturated heterocycles. The maximum atomic E-state index is 12.6. The number of rotatable bonds is 3. The molecule has 4 bridgehead atoms. The second-order valence-corrected chi connectivity index (χ2v) is 7.13. The first-order chi connectivity index (χ1) is 9.63. The molecule has 0 aliphatic heterocycles. The first-order valence-electron chi connectivity index (χ1n) is 7.85. The average molecular weight is 275 g/mol. The van der Waals surface area contributed by atoms with Crippen LogP contribution in [-0.2, 0) is 9.59 Å². The van der Waals surface area contributed by atoms with Gasteiger partial charge in [0.05, 0.1) is 11.8 Å². The molecule has 0 aromatic carbocycles. The van der Waals surface area contributed by atoms with Crippen LogP contribution in [0.5, 0.6) is 0 Å². The summed E-state index contributed by atoms with van der Waals surface area (Å²) in [5.41, 5.74) is 0. The van der Waals surface area contributed by atoms with Crippen LogP contribution < -0.4 is 5.32 Å². The van der Waals surface area contributed by atoms with Crippen molar-refractivity contribution >= 4 is 11.9 Å². The van der Waals surface area contributed by atoms with E-state index >= 15 is 0 Å². The zero-order chi connectivity index (χ0) is 13.9. The van der Waals surface area contributed by atoms with Crippen molar-refractivity contribution in [3.63, 3.8) is 0 Å². The lowest BCUT2D eigenvalue weighted by molar-refractivity contribution is -0.148. The van der Waals surface area contributed by atoms with Gasteiger partial charge in [-0.2, -0.15) is 0 Å². The quantitative estimate of drug-likeness (QED) is 0.772. The summed E-state index contributed by atoms with van der Waals surface area (Å²) >= 11 is 0. The van der Waals surface area contributed by atoms with Crippen molar-refractivity contribution < 1.29 is 14.7 Å². The van der Waals surface area contributed by atoms with Crippen molar-refractivity contribution in [2.75, 3.05) is 0 Å². The van der Waals surface area contributed by atoms with Crippen molar-refractivity contribution in [3.05, 3.63) is 12.2 Å². The minimum Gasteiger partial charge on any atom is -0.481 e. The average Bonchev–Trinajstić information content (AvgIpc) is 3.16. The molecule has 4 heteroatoms. The number of nitrogens with one attached hydrogen (secondary N) is 1. The summed E-state index contributed by atoms with van der Waals surface area (Å²) in [6.45, 7) is 0. The van der Waals surface area contributed by atoms with E-state index in [9.17, 15) is 14.7 Å². The number of hydrogen-bond donors (Lipinski definition) is 2. The molecule has 20 heavy (non-hydrogen) atoms. The Labute approximate surface area is 118 Å². The van der Waals surface area contributed by atoms with Crippen LogP contribution in [0.2, 0.25) is 0 Å². The first kappa shape index (κ1) is 12.4. The molecule has 0 spiro atoms. The van der Waals surface area contributed by atoms with Crippen LogP contribution in [0.15, 0.2) is 12.2 Å². The highest BCUT2D eigenvalue weighted by atomic mass is 16.4. The highest BCUT2D eigenvalue weighted by Crippen LogP contribution is 2.49. The van der Waals surface area contributed by atoms with Crippen LogP contribution in [-0.4, -0.2) is 23.0 Å². The first-order valence-corrected chi connectivity index (χ1v) is 7.85. The molecule has 7 atom stereocenters. The Bertz CT molecular complexity index is 486. The third kappa shape index (κ3) is 1.73. The van der Waals surface area contributed by atoms with Crippen molar-refractivity contribution in [2.45, 2.75) is 38.1 Å². The van der Waals surface area contributed by atoms with Crippen LogP contribution in [0, 0.1) is 35.5 Å². The van der Waals surface area contributed by atoms with E-state index in [2.05, 4.69) is 11.4 Å². The van der Waals surface area contributed by atoms with E-state index in [4.69, 9.17) is 0 Å². The van der Waals surface area contributed by atoms with Gasteiger partial charge in [0.25, 0.3) is 0 Å². The molecule has 3 saturated carbocycles. The fraction of sp³-hybridized carbons (Fsp3) is 0.750. The number of hydrogen-bond acceptors (Lipinski definition) is 2. The maximum Gasteiger partial charge on any atom is 0.307 e. The molecule has 4 aliphatic carbocycles. The summed E-state index contributed by atoms with van der Waals surface area (Å²) < 4.78 is 0. The number of carboxylic acid groups (broad SMARTS) is 1. The molecule has 0 heterocycles. The normalized spacial score (nSPS) is 47.9. The van der Waals surface area contributed by atoms with Gasteiger partial charge in [-0.3, -0.25) is 9.59 Å². The number of carbonyl (C=O) groups is 2. The Morgan fingerprint density at radius 1 is 1.00 bits per heavy atom. The number of amides is 1. The van der Waals surface area contributed by atoms with Gasteiger partial charge in [-0.15, -0.1) is 0 Å². The van der Waals surface area contributed by atoms with Crippen molar-refractivity contribution in [3.8, 4) is 0 Å². The van der Waals surface area contributed by atoms with Crippen molar-refractivity contribution in [2.24, 2.45) is 35.5 Å². The van der Waals surface area contributed by atoms with E-state index in [1.165, 1.54) is 19.3 Å². The van der Waals surface area contributed by atoms with E-state index in [1.807, 2.05) is 6.08 Å². The van der Waals surface area contributed by atoms with Crippen LogP contribution in [0.1, 0.15) is 32.1 Å². The second-order valence-electron chi connectivity index (χ2n) is 7.13. The van der Waals surface area contributed by atoms with Gasteiger partial charge >= 0.3 is 5.97 Å². The molecule has 0 radical (unpaired) electrons. The van der Waals surface area contributed by atoms with E-state index in [-0.39, 0.29) is 23.7 Å². The van der Waals surface area contributed by atoms with E-state index in [0.29, 0.717) is 12.0 Å². The summed E-state index contributed by atoms with van der Waals surface area (Å²) in [6, 6.07) is 0.304. The molecule has 0 aromatic heterocycles. The van der Waals surface area contributed by atoms with Gasteiger partial charge in [0, 0.05) is 6.04 Å². The third-order valence-electron chi connectivity index (χ3n) is 6.11. The van der Waals surface area contributed by atoms with Crippen LogP contribution in [0.3, 0.4) is 0 Å². The van der Waals surface area contributed by atoms with Crippen molar-refractivity contribution in [1.82, 2.24) is 5.32 Å². The largest absolute Gasteiger partial charge is 0.481 e. The predicted molar refractivity (Wildman–Crippen MR) is 72.7 cm³/mol. The Hall–Kier alpha value is -1.32. The van der Waals surface area contributed by atoms with E-state index < -0.39 is 11.9 Å². The molecule has 4 aliphatic rings. The van der Waals surface area contributed by atoms with E-state index in [0.717, 1.165) is 18.8 Å². The zero-order valence-electron chi connectivity index (χ0n) is 11.5. The lowest BCUT2D eigenvalue weighted by Crippen LogP contribution is -2.46. The Morgan fingerprint density at radius 2 is 1.75 bits per heavy atom. The molecule has 1 amide bonds. The number of aliphatic carboxylic acids is 1. The van der Waals surface area contributed by atoms with Crippen LogP contribution >= 0.6 is 0 Å². The summed E-state index contributed by atoms with van der Waals surface area (Å²) in [4.78, 5) is 24.0. The molecule has 0 unspecified atom stereocenters. The van der Waals surface area contributed by atoms with Crippen LogP contribution in [0.4, 0.5) is 0 Å². The smallest absolute Gasteiger partial charge is 0.307 e. The van der Waals surface area contributed by atoms with Gasteiger partial charge in [0.15, 0.2) is 0 Å². The standard InChI is InChI=1S/C16H21NO3/c18-15(17-12-6-8-1-2-9(12)5-8)13-10-3-4-11(7-10)14(13)16(19)20/h3-4,8-14H,1-2,5-7H2,(H,17,18)(H,19,20)/t8-,9-,10-,11-,12+,13+,14+/m0/s1. The lowest BCUT2D eigenvalue weighted by atomic mass is 9.82. The Kier molecular flexibility index (Phi) is 2.69. The highest BCUT2D eigenvalue weighted by molar-refractivity contribution is 5.87. The van der Waals surface area contributed by atoms with Gasteiger partial charge < -0.3 is 10.4 Å². The Morgan fingerprint density at radius 3 is 2.35 bits per heavy atom. The molecular weight excluding hydrogens is 254 g/mol. The summed E-state index contributed by atoms with van der Waals surface area (Å²) in [6.07, 6.45) is 9.78. The summed E-state index contributed by atoms with van der Waals surface area (Å²) in [7, 11) is 0. The molecule has 4 nitrogen and oxygen atoms in total. The molecule has 4 rings (SSSR count). The van der Waals surface area contributed by atoms with Crippen molar-refractivity contribution in [1.29, 1.82) is 0 Å². The third-order valence-corrected chi connectivity index (χ3v) is 6.11. The number of carbonyl (C=O) groups excluding carboxylic acids is 1. The molecule has 0 aromatic rings. The van der Waals surface area contributed by atoms with Gasteiger partial charge in [-0.25, -0.2) is 0 Å². The van der Waals surface area contributed by atoms with Gasteiger partial charge in [-0.1, -0.05) is 18.6 Å². The predicted octanol–water partition coefficient (Wildman–Crippen LogP) is 1.81. The minimum absolute atomic E-state index is 0.00759. The number of carboxylic acids is 1. The highest BCUT2D eigenvalue weighted by Gasteiger charge is 2.52. The molecular formula is C16H21NO3. The zero-order valence-corrected chi connectivity index (χ0v) is 11.5. The lowest BCUT2D eigenvalue weighted by Gasteiger charge is -2.28. The SMILES string of the molecule is O=C(O)[C@H]1[C@H](C(=O)N[C@@H]2C[C@H]3CC[C@H]2C3)[C@H]2C=C[C@H]1C2. The topological polar surface area (TPSA) is 66.4 Å². The molecule has 108 valence electrons. The second kappa shape index (κ2) is 4.34. The minimum atomic E-state index is -0.810.